The minimum absolute atomic E-state index is 0.123. The summed E-state index contributed by atoms with van der Waals surface area (Å²) in [6.07, 6.45) is 2.05. The van der Waals surface area contributed by atoms with E-state index in [1.54, 1.807) is 0 Å². The number of H-pyrrole nitrogens is 2. The lowest BCUT2D eigenvalue weighted by atomic mass is 9.84. The van der Waals surface area contributed by atoms with Gasteiger partial charge in [0.1, 0.15) is 0 Å². The lowest BCUT2D eigenvalue weighted by Gasteiger charge is -2.18. The Morgan fingerprint density at radius 2 is 1.36 bits per heavy atom. The predicted molar refractivity (Wildman–Crippen MR) is 182 cm³/mol. The highest BCUT2D eigenvalue weighted by Crippen LogP contribution is 2.44. The van der Waals surface area contributed by atoms with Crippen LogP contribution in [0.5, 0.6) is 0 Å². The topological polar surface area (TPSA) is 136 Å². The van der Waals surface area contributed by atoms with Gasteiger partial charge in [-0.15, -0.1) is 0 Å². The summed E-state index contributed by atoms with van der Waals surface area (Å²) < 4.78 is 15.4. The summed E-state index contributed by atoms with van der Waals surface area (Å²) in [6.45, 7) is 12.4. The first kappa shape index (κ1) is 33.6. The number of aryl methyl sites for hydroxylation is 4. The largest absolute Gasteiger partial charge is 0.469 e. The van der Waals surface area contributed by atoms with Crippen molar-refractivity contribution in [3.63, 3.8) is 0 Å². The van der Waals surface area contributed by atoms with Crippen LogP contribution in [0.4, 0.5) is 0 Å². The number of aromatic nitrogens is 4. The van der Waals surface area contributed by atoms with Crippen LogP contribution >= 0.6 is 0 Å². The third-order valence-electron chi connectivity index (χ3n) is 9.79. The average Bonchev–Trinajstić information content (AvgIpc) is 3.74. The Kier molecular flexibility index (Phi) is 9.70. The standard InChI is InChI=1S/C37H44N4O6/c1-10-22-18(3)26-15-28-20(5)24(12-13-32(42)45-7)35(40-28)25(14-33(43)46-8)36-34(37(44)47-9)21(6)29(41-36)17-31-23(11-2)19(4)27(39-31)16-30(22)38-26/h15-17,20,24,38-39H,10-14H2,1-9H3/t20-,24-/m0/s1. The summed E-state index contributed by atoms with van der Waals surface area (Å²) in [4.78, 5) is 56.3. The molecule has 5 heterocycles. The Morgan fingerprint density at radius 3 is 1.94 bits per heavy atom. The van der Waals surface area contributed by atoms with E-state index in [2.05, 4.69) is 56.7 Å². The number of ether oxygens (including phenoxy) is 3. The van der Waals surface area contributed by atoms with Crippen molar-refractivity contribution in [3.05, 3.63) is 68.8 Å². The fourth-order valence-electron chi connectivity index (χ4n) is 7.01. The van der Waals surface area contributed by atoms with Crippen molar-refractivity contribution in [2.45, 2.75) is 85.5 Å². The second kappa shape index (κ2) is 13.6. The van der Waals surface area contributed by atoms with Gasteiger partial charge < -0.3 is 24.2 Å². The van der Waals surface area contributed by atoms with Gasteiger partial charge in [0, 0.05) is 51.6 Å². The van der Waals surface area contributed by atoms with Crippen LogP contribution in [-0.4, -0.2) is 59.2 Å². The van der Waals surface area contributed by atoms with Gasteiger partial charge in [0.05, 0.1) is 50.4 Å². The maximum absolute atomic E-state index is 13.4. The quantitative estimate of drug-likeness (QED) is 0.205. The maximum Gasteiger partial charge on any atom is 0.340 e. The molecule has 3 aromatic rings. The van der Waals surface area contributed by atoms with Gasteiger partial charge in [0.2, 0.25) is 0 Å². The number of hydrogen-bond acceptors (Lipinski definition) is 8. The molecule has 0 fully saturated rings. The van der Waals surface area contributed by atoms with Crippen LogP contribution in [0.1, 0.15) is 103 Å². The van der Waals surface area contributed by atoms with Crippen molar-refractivity contribution >= 4 is 51.1 Å². The van der Waals surface area contributed by atoms with Gasteiger partial charge in [0.25, 0.3) is 0 Å². The molecule has 0 saturated heterocycles. The van der Waals surface area contributed by atoms with Gasteiger partial charge in [-0.1, -0.05) is 20.8 Å². The zero-order chi connectivity index (χ0) is 34.2. The molecule has 0 saturated carbocycles. The van der Waals surface area contributed by atoms with Crippen LogP contribution in [0.25, 0.3) is 33.2 Å². The van der Waals surface area contributed by atoms with Crippen molar-refractivity contribution < 1.29 is 28.6 Å². The number of nitrogens with one attached hydrogen (secondary N) is 2. The van der Waals surface area contributed by atoms with Crippen molar-refractivity contribution in [1.82, 2.24) is 19.9 Å². The smallest absolute Gasteiger partial charge is 0.340 e. The number of aromatic amines is 2. The third kappa shape index (κ3) is 6.08. The van der Waals surface area contributed by atoms with Gasteiger partial charge in [0.15, 0.2) is 0 Å². The monoisotopic (exact) mass is 640 g/mol. The number of carbonyl (C=O) groups is 3. The molecule has 5 rings (SSSR count). The summed E-state index contributed by atoms with van der Waals surface area (Å²) in [7, 11) is 4.02. The van der Waals surface area contributed by atoms with Gasteiger partial charge >= 0.3 is 17.9 Å². The Morgan fingerprint density at radius 1 is 0.766 bits per heavy atom. The zero-order valence-corrected chi connectivity index (χ0v) is 28.8. The van der Waals surface area contributed by atoms with E-state index >= 15 is 0 Å². The molecule has 2 aliphatic heterocycles. The van der Waals surface area contributed by atoms with E-state index in [1.165, 1.54) is 26.9 Å². The van der Waals surface area contributed by atoms with Crippen molar-refractivity contribution in [3.8, 4) is 0 Å². The Hall–Kier alpha value is -4.73. The molecule has 2 atom stereocenters. The van der Waals surface area contributed by atoms with E-state index < -0.39 is 11.9 Å². The molecule has 0 unspecified atom stereocenters. The number of fused-ring (bicyclic) bond motifs is 8. The summed E-state index contributed by atoms with van der Waals surface area (Å²) in [5.74, 6) is -1.79. The first-order valence-corrected chi connectivity index (χ1v) is 16.2. The Balaban J connectivity index is 2.02. The molecular formula is C37H44N4O6. The van der Waals surface area contributed by atoms with Crippen molar-refractivity contribution in [2.24, 2.45) is 0 Å². The summed E-state index contributed by atoms with van der Waals surface area (Å²) in [5, 5.41) is 0. The van der Waals surface area contributed by atoms with Crippen LogP contribution < -0.4 is 0 Å². The fourth-order valence-corrected chi connectivity index (χ4v) is 7.01. The Bertz CT molecular complexity index is 1960. The first-order valence-electron chi connectivity index (χ1n) is 16.2. The third-order valence-corrected chi connectivity index (χ3v) is 9.79. The minimum atomic E-state index is -0.563. The normalized spacial score (nSPS) is 15.9. The van der Waals surface area contributed by atoms with Gasteiger partial charge in [-0.2, -0.15) is 0 Å². The second-order valence-corrected chi connectivity index (χ2v) is 12.3. The van der Waals surface area contributed by atoms with E-state index in [4.69, 9.17) is 24.2 Å². The number of hydrogen-bond donors (Lipinski definition) is 2. The van der Waals surface area contributed by atoms with Crippen LogP contribution in [-0.2, 0) is 47.9 Å². The molecule has 0 spiro atoms. The summed E-state index contributed by atoms with van der Waals surface area (Å²) >= 11 is 0. The molecule has 3 aromatic heterocycles. The molecule has 10 heteroatoms. The predicted octanol–water partition coefficient (Wildman–Crippen LogP) is 6.72. The van der Waals surface area contributed by atoms with Gasteiger partial charge in [-0.3, -0.25) is 14.6 Å². The van der Waals surface area contributed by atoms with Crippen LogP contribution in [0.3, 0.4) is 0 Å². The van der Waals surface area contributed by atoms with Crippen molar-refractivity contribution in [1.29, 1.82) is 0 Å². The van der Waals surface area contributed by atoms with E-state index in [1.807, 2.05) is 13.0 Å². The maximum atomic E-state index is 13.4. The highest BCUT2D eigenvalue weighted by molar-refractivity contribution is 6.25. The zero-order valence-electron chi connectivity index (χ0n) is 28.8. The van der Waals surface area contributed by atoms with E-state index in [0.29, 0.717) is 34.6 Å². The SMILES string of the molecule is CCc1c(C)c2cc3[nH]c(cc4nc(c(CC(=O)OC)c5nc(cc1[nH]2)C(C)=C5C(=O)OC)[C@@H](CCC(=O)OC)[C@@H]4C)c(C)c3CC. The number of carbonyl (C=O) groups excluding carboxylic acids is 3. The van der Waals surface area contributed by atoms with Crippen LogP contribution in [0, 0.1) is 13.8 Å². The highest BCUT2D eigenvalue weighted by Gasteiger charge is 2.36. The molecule has 0 aliphatic carbocycles. The number of rotatable bonds is 8. The average molecular weight is 641 g/mol. The van der Waals surface area contributed by atoms with E-state index in [-0.39, 0.29) is 36.2 Å². The molecule has 248 valence electrons. The van der Waals surface area contributed by atoms with Crippen LogP contribution in [0.15, 0.2) is 18.2 Å². The lowest BCUT2D eigenvalue weighted by molar-refractivity contribution is -0.141. The number of esters is 3. The van der Waals surface area contributed by atoms with E-state index in [9.17, 15) is 14.4 Å². The molecule has 2 N–H and O–H groups in total. The number of nitrogens with zero attached hydrogens (tertiary/aromatic N) is 2. The fraction of sp³-hybridized carbons (Fsp3) is 0.432. The van der Waals surface area contributed by atoms with Crippen molar-refractivity contribution in [2.75, 3.05) is 21.3 Å². The molecule has 0 radical (unpaired) electrons. The van der Waals surface area contributed by atoms with E-state index in [0.717, 1.165) is 57.3 Å². The number of allylic oxidation sites excluding steroid dienone is 1. The number of methoxy groups -OCH3 is 3. The Labute approximate surface area is 275 Å². The minimum Gasteiger partial charge on any atom is -0.469 e. The molecule has 8 bridgehead atoms. The lowest BCUT2D eigenvalue weighted by Crippen LogP contribution is -2.15. The molecular weight excluding hydrogens is 596 g/mol. The summed E-state index contributed by atoms with van der Waals surface area (Å²) in [6, 6.07) is 6.18. The van der Waals surface area contributed by atoms with Crippen LogP contribution in [0.2, 0.25) is 0 Å². The van der Waals surface area contributed by atoms with Gasteiger partial charge in [-0.25, -0.2) is 9.78 Å². The van der Waals surface area contributed by atoms with Gasteiger partial charge in [-0.05, 0) is 86.1 Å². The molecule has 0 amide bonds. The first-order chi connectivity index (χ1) is 22.5. The molecule has 2 aliphatic rings. The summed E-state index contributed by atoms with van der Waals surface area (Å²) in [5.41, 5.74) is 12.2. The second-order valence-electron chi connectivity index (χ2n) is 12.3. The molecule has 0 aromatic carbocycles. The molecule has 47 heavy (non-hydrogen) atoms. The highest BCUT2D eigenvalue weighted by atomic mass is 16.5. The molecule has 10 nitrogen and oxygen atoms in total.